The number of para-hydroxylation sites is 2. The van der Waals surface area contributed by atoms with E-state index in [9.17, 15) is 9.59 Å². The van der Waals surface area contributed by atoms with Gasteiger partial charge < -0.3 is 23.7 Å². The van der Waals surface area contributed by atoms with Crippen molar-refractivity contribution >= 4 is 23.6 Å². The van der Waals surface area contributed by atoms with Crippen LogP contribution in [0, 0.1) is 0 Å². The van der Waals surface area contributed by atoms with E-state index in [1.807, 2.05) is 48.5 Å². The van der Waals surface area contributed by atoms with Crippen molar-refractivity contribution in [3.8, 4) is 11.5 Å². The molecule has 2 aliphatic heterocycles. The van der Waals surface area contributed by atoms with Gasteiger partial charge >= 0.3 is 0 Å². The topological polar surface area (TPSA) is 98.0 Å². The van der Waals surface area contributed by atoms with Gasteiger partial charge in [-0.3, -0.25) is 9.59 Å². The largest absolute Gasteiger partial charge is 0.485 e. The summed E-state index contributed by atoms with van der Waals surface area (Å²) in [5.41, 5.74) is 1.08. The van der Waals surface area contributed by atoms with Crippen LogP contribution in [0.5, 0.6) is 11.5 Å². The fourth-order valence-corrected chi connectivity index (χ4v) is 4.56. The van der Waals surface area contributed by atoms with Gasteiger partial charge in [-0.2, -0.15) is 0 Å². The Kier molecular flexibility index (Phi) is 6.66. The average molecular weight is 481 g/mol. The quantitative estimate of drug-likeness (QED) is 0.496. The predicted octanol–water partition coefficient (Wildman–Crippen LogP) is 2.26. The van der Waals surface area contributed by atoms with Crippen LogP contribution in [0.1, 0.15) is 11.5 Å². The standard InChI is InChI=1S/C24H24N4O5S/c29-22(16-34-24-26-25-21(33-24)14-17-6-2-1-3-7-17)27-10-12-28(13-11-27)23(30)20-15-31-18-8-4-5-9-19(18)32-20/h1-9,20H,10-16H2. The highest BCUT2D eigenvalue weighted by Crippen LogP contribution is 2.31. The Morgan fingerprint density at radius 1 is 0.912 bits per heavy atom. The Hall–Kier alpha value is -3.53. The Morgan fingerprint density at radius 3 is 2.41 bits per heavy atom. The van der Waals surface area contributed by atoms with Crippen LogP contribution < -0.4 is 9.47 Å². The molecule has 3 heterocycles. The molecule has 0 spiro atoms. The molecular formula is C24H24N4O5S. The van der Waals surface area contributed by atoms with Crippen molar-refractivity contribution in [2.45, 2.75) is 17.7 Å². The van der Waals surface area contributed by atoms with Gasteiger partial charge in [0.15, 0.2) is 11.5 Å². The van der Waals surface area contributed by atoms with Crippen molar-refractivity contribution in [1.82, 2.24) is 20.0 Å². The summed E-state index contributed by atoms with van der Waals surface area (Å²) in [7, 11) is 0. The number of aromatic nitrogens is 2. The monoisotopic (exact) mass is 480 g/mol. The Morgan fingerprint density at radius 2 is 1.62 bits per heavy atom. The van der Waals surface area contributed by atoms with Crippen LogP contribution in [0.4, 0.5) is 0 Å². The maximum Gasteiger partial charge on any atom is 0.277 e. The number of nitrogens with zero attached hydrogens (tertiary/aromatic N) is 4. The van der Waals surface area contributed by atoms with Crippen LogP contribution in [0.15, 0.2) is 64.2 Å². The van der Waals surface area contributed by atoms with Gasteiger partial charge in [0.25, 0.3) is 11.1 Å². The van der Waals surface area contributed by atoms with E-state index in [1.165, 1.54) is 11.8 Å². The molecule has 34 heavy (non-hydrogen) atoms. The fraction of sp³-hybridized carbons (Fsp3) is 0.333. The summed E-state index contributed by atoms with van der Waals surface area (Å²) < 4.78 is 17.1. The molecule has 2 aromatic carbocycles. The number of thioether (sulfide) groups is 1. The zero-order chi connectivity index (χ0) is 23.3. The molecule has 3 aromatic rings. The summed E-state index contributed by atoms with van der Waals surface area (Å²) >= 11 is 1.23. The van der Waals surface area contributed by atoms with Gasteiger partial charge in [0.1, 0.15) is 6.61 Å². The van der Waals surface area contributed by atoms with E-state index in [4.69, 9.17) is 13.9 Å². The molecule has 0 N–H and O–H groups in total. The third-order valence-corrected chi connectivity index (χ3v) is 6.50. The highest BCUT2D eigenvalue weighted by Gasteiger charge is 2.33. The molecule has 5 rings (SSSR count). The molecule has 1 fully saturated rings. The summed E-state index contributed by atoms with van der Waals surface area (Å²) in [5.74, 6) is 1.81. The molecule has 0 radical (unpaired) electrons. The molecule has 1 saturated heterocycles. The maximum absolute atomic E-state index is 12.9. The molecule has 10 heteroatoms. The molecule has 1 unspecified atom stereocenters. The van der Waals surface area contributed by atoms with Gasteiger partial charge in [-0.1, -0.05) is 54.2 Å². The summed E-state index contributed by atoms with van der Waals surface area (Å²) in [5, 5.41) is 8.47. The molecule has 1 aromatic heterocycles. The minimum Gasteiger partial charge on any atom is -0.485 e. The first-order chi connectivity index (χ1) is 16.7. The number of benzene rings is 2. The van der Waals surface area contributed by atoms with Crippen molar-refractivity contribution in [3.05, 3.63) is 66.1 Å². The lowest BCUT2D eigenvalue weighted by Gasteiger charge is -2.37. The molecule has 176 valence electrons. The number of rotatable bonds is 6. The van der Waals surface area contributed by atoms with Crippen LogP contribution in [-0.2, 0) is 16.0 Å². The van der Waals surface area contributed by atoms with Crippen molar-refractivity contribution in [2.75, 3.05) is 38.5 Å². The average Bonchev–Trinajstić information content (AvgIpc) is 3.34. The summed E-state index contributed by atoms with van der Waals surface area (Å²) in [4.78, 5) is 29.0. The zero-order valence-electron chi connectivity index (χ0n) is 18.5. The van der Waals surface area contributed by atoms with Crippen LogP contribution >= 0.6 is 11.8 Å². The van der Waals surface area contributed by atoms with E-state index in [2.05, 4.69) is 10.2 Å². The van der Waals surface area contributed by atoms with Crippen molar-refractivity contribution in [2.24, 2.45) is 0 Å². The van der Waals surface area contributed by atoms with Gasteiger partial charge in [0, 0.05) is 26.2 Å². The number of hydrogen-bond donors (Lipinski definition) is 0. The summed E-state index contributed by atoms with van der Waals surface area (Å²) in [6, 6.07) is 17.2. The normalized spacial score (nSPS) is 17.5. The molecule has 9 nitrogen and oxygen atoms in total. The van der Waals surface area contributed by atoms with E-state index in [0.29, 0.717) is 55.2 Å². The maximum atomic E-state index is 12.9. The van der Waals surface area contributed by atoms with Crippen molar-refractivity contribution < 1.29 is 23.5 Å². The summed E-state index contributed by atoms with van der Waals surface area (Å²) in [6.45, 7) is 2.04. The second-order valence-corrected chi connectivity index (χ2v) is 8.91. The number of carbonyl (C=O) groups is 2. The number of amides is 2. The number of ether oxygens (including phenoxy) is 2. The molecule has 0 bridgehead atoms. The molecule has 1 atom stereocenters. The number of piperazine rings is 1. The lowest BCUT2D eigenvalue weighted by molar-refractivity contribution is -0.145. The number of carbonyl (C=O) groups excluding carboxylic acids is 2. The van der Waals surface area contributed by atoms with Crippen LogP contribution in [0.3, 0.4) is 0 Å². The van der Waals surface area contributed by atoms with E-state index >= 15 is 0 Å². The van der Waals surface area contributed by atoms with Gasteiger partial charge in [-0.15, -0.1) is 10.2 Å². The minimum absolute atomic E-state index is 0.0221. The predicted molar refractivity (Wildman–Crippen MR) is 124 cm³/mol. The second kappa shape index (κ2) is 10.2. The highest BCUT2D eigenvalue weighted by molar-refractivity contribution is 7.99. The first-order valence-electron chi connectivity index (χ1n) is 11.1. The Bertz CT molecular complexity index is 1150. The van der Waals surface area contributed by atoms with Gasteiger partial charge in [0.2, 0.25) is 17.9 Å². The Balaban J connectivity index is 1.07. The molecule has 2 aliphatic rings. The third kappa shape index (κ3) is 5.17. The van der Waals surface area contributed by atoms with Gasteiger partial charge in [-0.05, 0) is 17.7 Å². The number of hydrogen-bond acceptors (Lipinski definition) is 8. The van der Waals surface area contributed by atoms with Crippen LogP contribution in [0.25, 0.3) is 0 Å². The van der Waals surface area contributed by atoms with Gasteiger partial charge in [-0.25, -0.2) is 0 Å². The SMILES string of the molecule is O=C(CSc1nnc(Cc2ccccc2)o1)N1CCN(C(=O)C2COc3ccccc3O2)CC1. The lowest BCUT2D eigenvalue weighted by atomic mass is 10.2. The van der Waals surface area contributed by atoms with Crippen LogP contribution in [-0.4, -0.2) is 76.5 Å². The molecule has 2 amide bonds. The zero-order valence-corrected chi connectivity index (χ0v) is 19.3. The van der Waals surface area contributed by atoms with E-state index in [-0.39, 0.29) is 24.2 Å². The second-order valence-electron chi connectivity index (χ2n) is 7.98. The van der Waals surface area contributed by atoms with Crippen molar-refractivity contribution in [1.29, 1.82) is 0 Å². The number of fused-ring (bicyclic) bond motifs is 1. The van der Waals surface area contributed by atoms with E-state index in [0.717, 1.165) is 5.56 Å². The third-order valence-electron chi connectivity index (χ3n) is 5.69. The summed E-state index contributed by atoms with van der Waals surface area (Å²) in [6.07, 6.45) is -0.116. The molecule has 0 aliphatic carbocycles. The molecular weight excluding hydrogens is 456 g/mol. The molecule has 0 saturated carbocycles. The van der Waals surface area contributed by atoms with Crippen molar-refractivity contribution in [3.63, 3.8) is 0 Å². The first-order valence-corrected chi connectivity index (χ1v) is 12.1. The Labute approximate surface area is 201 Å². The van der Waals surface area contributed by atoms with Crippen LogP contribution in [0.2, 0.25) is 0 Å². The highest BCUT2D eigenvalue weighted by atomic mass is 32.2. The fourth-order valence-electron chi connectivity index (χ4n) is 3.87. The van der Waals surface area contributed by atoms with E-state index < -0.39 is 6.10 Å². The van der Waals surface area contributed by atoms with E-state index in [1.54, 1.807) is 15.9 Å². The lowest BCUT2D eigenvalue weighted by Crippen LogP contribution is -2.55. The smallest absolute Gasteiger partial charge is 0.277 e. The first kappa shape index (κ1) is 22.3. The minimum atomic E-state index is -0.671. The van der Waals surface area contributed by atoms with Gasteiger partial charge in [0.05, 0.1) is 12.2 Å².